The van der Waals surface area contributed by atoms with Gasteiger partial charge in [0, 0.05) is 27.5 Å². The molecule has 0 N–H and O–H groups in total. The second kappa shape index (κ2) is 10.3. The lowest BCUT2D eigenvalue weighted by Gasteiger charge is -2.23. The van der Waals surface area contributed by atoms with Crippen molar-refractivity contribution >= 4 is 51.6 Å². The molecule has 0 radical (unpaired) electrons. The summed E-state index contributed by atoms with van der Waals surface area (Å²) >= 11 is 2.75. The van der Waals surface area contributed by atoms with Crippen molar-refractivity contribution in [2.45, 2.75) is 33.4 Å². The van der Waals surface area contributed by atoms with E-state index in [4.69, 9.17) is 9.47 Å². The number of esters is 2. The van der Waals surface area contributed by atoms with Crippen LogP contribution in [0, 0.1) is 0 Å². The molecule has 4 heterocycles. The maximum absolute atomic E-state index is 13.8. The first kappa shape index (κ1) is 24.9. The van der Waals surface area contributed by atoms with E-state index in [1.165, 1.54) is 22.7 Å². The van der Waals surface area contributed by atoms with Crippen LogP contribution < -0.4 is 14.9 Å². The summed E-state index contributed by atoms with van der Waals surface area (Å²) < 4.78 is 14.3. The van der Waals surface area contributed by atoms with E-state index < -0.39 is 12.0 Å². The third-order valence-corrected chi connectivity index (χ3v) is 7.95. The molecule has 10 heteroatoms. The molecule has 5 rings (SSSR count). The number of allylic oxidation sites excluding steroid dienone is 1. The minimum absolute atomic E-state index is 0.0733. The molecule has 0 amide bonds. The van der Waals surface area contributed by atoms with E-state index in [1.807, 2.05) is 58.6 Å². The molecule has 190 valence electrons. The summed E-state index contributed by atoms with van der Waals surface area (Å²) in [5.41, 5.74) is 2.34. The summed E-state index contributed by atoms with van der Waals surface area (Å²) in [6.07, 6.45) is 3.68. The van der Waals surface area contributed by atoms with Gasteiger partial charge in [-0.05, 0) is 44.4 Å². The summed E-state index contributed by atoms with van der Waals surface area (Å²) in [4.78, 5) is 44.9. The first-order chi connectivity index (χ1) is 17.9. The third-order valence-electron chi connectivity index (χ3n) is 6.04. The molecular weight excluding hydrogens is 510 g/mol. The van der Waals surface area contributed by atoms with Gasteiger partial charge in [-0.1, -0.05) is 35.6 Å². The quantitative estimate of drug-likeness (QED) is 0.339. The van der Waals surface area contributed by atoms with Gasteiger partial charge >= 0.3 is 11.9 Å². The van der Waals surface area contributed by atoms with Crippen molar-refractivity contribution in [1.82, 2.24) is 9.13 Å². The molecule has 0 bridgehead atoms. The first-order valence-corrected chi connectivity index (χ1v) is 13.6. The lowest BCUT2D eigenvalue weighted by atomic mass is 10.0. The Morgan fingerprint density at radius 2 is 1.89 bits per heavy atom. The monoisotopic (exact) mass is 535 g/mol. The molecule has 3 aromatic heterocycles. The second-order valence-electron chi connectivity index (χ2n) is 8.35. The zero-order valence-corrected chi connectivity index (χ0v) is 22.2. The van der Waals surface area contributed by atoms with Gasteiger partial charge in [0.25, 0.3) is 5.56 Å². The van der Waals surface area contributed by atoms with E-state index in [2.05, 4.69) is 4.99 Å². The minimum Gasteiger partial charge on any atom is -0.465 e. The number of benzene rings is 1. The highest BCUT2D eigenvalue weighted by molar-refractivity contribution is 7.10. The molecule has 0 aliphatic carbocycles. The number of nitrogens with zero attached hydrogens (tertiary/aromatic N) is 3. The largest absolute Gasteiger partial charge is 0.465 e. The van der Waals surface area contributed by atoms with E-state index in [1.54, 1.807) is 25.3 Å². The van der Waals surface area contributed by atoms with Crippen molar-refractivity contribution in [3.05, 3.63) is 89.4 Å². The Morgan fingerprint density at radius 1 is 1.11 bits per heavy atom. The highest BCUT2D eigenvalue weighted by atomic mass is 32.1. The zero-order valence-electron chi connectivity index (χ0n) is 20.6. The Bertz CT molecular complexity index is 1710. The van der Waals surface area contributed by atoms with Gasteiger partial charge in [0.05, 0.1) is 29.0 Å². The fraction of sp³-hybridized carbons (Fsp3) is 0.259. The molecule has 8 nitrogen and oxygen atoms in total. The molecule has 4 aromatic rings. The Balaban J connectivity index is 1.67. The van der Waals surface area contributed by atoms with E-state index in [9.17, 15) is 14.4 Å². The van der Waals surface area contributed by atoms with Crippen LogP contribution in [0.3, 0.4) is 0 Å². The average molecular weight is 536 g/mol. The maximum Gasteiger partial charge on any atom is 0.338 e. The van der Waals surface area contributed by atoms with Crippen LogP contribution in [0.25, 0.3) is 17.0 Å². The number of hydrogen-bond acceptors (Lipinski definition) is 8. The molecule has 1 atom stereocenters. The predicted molar refractivity (Wildman–Crippen MR) is 143 cm³/mol. The molecule has 0 saturated heterocycles. The van der Waals surface area contributed by atoms with Gasteiger partial charge in [-0.15, -0.1) is 11.3 Å². The fourth-order valence-corrected chi connectivity index (χ4v) is 6.38. The van der Waals surface area contributed by atoms with Crippen molar-refractivity contribution in [2.75, 3.05) is 13.2 Å². The summed E-state index contributed by atoms with van der Waals surface area (Å²) in [5.74, 6) is -0.800. The van der Waals surface area contributed by atoms with Crippen LogP contribution in [0.1, 0.15) is 37.3 Å². The predicted octanol–water partition coefficient (Wildman–Crippen LogP) is 3.38. The number of para-hydroxylation sites is 1. The molecule has 1 aliphatic rings. The van der Waals surface area contributed by atoms with Crippen LogP contribution in [0.2, 0.25) is 0 Å². The summed E-state index contributed by atoms with van der Waals surface area (Å²) in [6.45, 7) is 5.91. The number of thiazole rings is 1. The molecule has 1 unspecified atom stereocenters. The fourth-order valence-electron chi connectivity index (χ4n) is 4.52. The summed E-state index contributed by atoms with van der Waals surface area (Å²) in [6, 6.07) is 10.9. The Morgan fingerprint density at radius 3 is 2.62 bits per heavy atom. The lowest BCUT2D eigenvalue weighted by Crippen LogP contribution is -2.39. The molecule has 1 aromatic carbocycles. The topological polar surface area (TPSA) is 91.9 Å². The van der Waals surface area contributed by atoms with E-state index in [0.29, 0.717) is 27.2 Å². The van der Waals surface area contributed by atoms with Crippen molar-refractivity contribution in [1.29, 1.82) is 0 Å². The number of carbonyl (C=O) groups excluding carboxylic acids is 2. The maximum atomic E-state index is 13.8. The number of aromatic nitrogens is 2. The van der Waals surface area contributed by atoms with Gasteiger partial charge in [-0.3, -0.25) is 14.2 Å². The minimum atomic E-state index is -0.609. The standard InChI is InChI=1S/C27H25N3O5S2/c1-4-34-22(31)15-29-14-17(18-9-6-7-10-19(18)29)13-21-25(32)30-24(20-11-8-12-36-20)23(26(33)35-5-2)16(3)28-27(30)37-21/h6-14,24H,4-5,15H2,1-3H3/b21-13-. The van der Waals surface area contributed by atoms with Gasteiger partial charge in [0.2, 0.25) is 0 Å². The van der Waals surface area contributed by atoms with Crippen LogP contribution >= 0.6 is 22.7 Å². The summed E-state index contributed by atoms with van der Waals surface area (Å²) in [7, 11) is 0. The van der Waals surface area contributed by atoms with Crippen LogP contribution in [0.15, 0.2) is 69.0 Å². The highest BCUT2D eigenvalue weighted by Crippen LogP contribution is 2.33. The smallest absolute Gasteiger partial charge is 0.338 e. The molecule has 1 aliphatic heterocycles. The van der Waals surface area contributed by atoms with Gasteiger partial charge < -0.3 is 14.0 Å². The van der Waals surface area contributed by atoms with E-state index in [0.717, 1.165) is 21.3 Å². The van der Waals surface area contributed by atoms with Crippen LogP contribution in [-0.2, 0) is 25.6 Å². The summed E-state index contributed by atoms with van der Waals surface area (Å²) in [5, 5.41) is 2.83. The Kier molecular flexibility index (Phi) is 6.94. The number of ether oxygens (including phenoxy) is 2. The molecule has 0 fully saturated rings. The van der Waals surface area contributed by atoms with Crippen molar-refractivity contribution in [3.63, 3.8) is 0 Å². The van der Waals surface area contributed by atoms with Crippen LogP contribution in [-0.4, -0.2) is 34.3 Å². The number of carbonyl (C=O) groups is 2. The van der Waals surface area contributed by atoms with Gasteiger partial charge in [-0.2, -0.15) is 0 Å². The number of thiophene rings is 1. The van der Waals surface area contributed by atoms with Gasteiger partial charge in [0.1, 0.15) is 12.6 Å². The van der Waals surface area contributed by atoms with E-state index >= 15 is 0 Å². The van der Waals surface area contributed by atoms with E-state index in [-0.39, 0.29) is 24.7 Å². The second-order valence-corrected chi connectivity index (χ2v) is 10.3. The molecule has 0 spiro atoms. The van der Waals surface area contributed by atoms with Gasteiger partial charge in [-0.25, -0.2) is 9.79 Å². The molecule has 0 saturated carbocycles. The Labute approximate surface area is 220 Å². The van der Waals surface area contributed by atoms with Crippen LogP contribution in [0.5, 0.6) is 0 Å². The number of hydrogen-bond donors (Lipinski definition) is 0. The SMILES string of the molecule is CCOC(=O)Cn1cc(/C=c2\sc3n(c2=O)C(c2cccs2)C(C(=O)OCC)=C(C)N=3)c2ccccc21. The normalized spacial score (nSPS) is 15.5. The van der Waals surface area contributed by atoms with Crippen LogP contribution in [0.4, 0.5) is 0 Å². The van der Waals surface area contributed by atoms with Crippen molar-refractivity contribution in [2.24, 2.45) is 4.99 Å². The molecule has 37 heavy (non-hydrogen) atoms. The lowest BCUT2D eigenvalue weighted by molar-refractivity contribution is -0.143. The molecular formula is C27H25N3O5S2. The first-order valence-electron chi connectivity index (χ1n) is 11.9. The van der Waals surface area contributed by atoms with Crippen molar-refractivity contribution in [3.8, 4) is 0 Å². The average Bonchev–Trinajstić information content (AvgIpc) is 3.59. The third kappa shape index (κ3) is 4.58. The Hall–Kier alpha value is -3.76. The van der Waals surface area contributed by atoms with Crippen molar-refractivity contribution < 1.29 is 19.1 Å². The van der Waals surface area contributed by atoms with Gasteiger partial charge in [0.15, 0.2) is 4.80 Å². The zero-order chi connectivity index (χ0) is 26.1. The number of fused-ring (bicyclic) bond motifs is 2. The highest BCUT2D eigenvalue weighted by Gasteiger charge is 2.33. The number of rotatable bonds is 7.